The lowest BCUT2D eigenvalue weighted by molar-refractivity contribution is 0.243. The van der Waals surface area contributed by atoms with Crippen LogP contribution in [0, 0.1) is 5.92 Å². The average molecular weight is 297 g/mol. The smallest absolute Gasteiger partial charge is 0.130 e. The van der Waals surface area contributed by atoms with Crippen LogP contribution < -0.4 is 19.5 Å². The minimum absolute atomic E-state index is 0.173. The third-order valence-corrected chi connectivity index (χ3v) is 3.60. The summed E-state index contributed by atoms with van der Waals surface area (Å²) in [5.74, 6) is 2.59. The molecule has 0 radical (unpaired) electrons. The summed E-state index contributed by atoms with van der Waals surface area (Å²) < 4.78 is 16.1. The number of aliphatic hydroxyl groups is 1. The van der Waals surface area contributed by atoms with Crippen molar-refractivity contribution < 1.29 is 19.3 Å². The van der Waals surface area contributed by atoms with E-state index in [2.05, 4.69) is 19.2 Å². The predicted molar refractivity (Wildman–Crippen MR) is 83.3 cm³/mol. The van der Waals surface area contributed by atoms with E-state index in [9.17, 15) is 0 Å². The van der Waals surface area contributed by atoms with Gasteiger partial charge in [-0.25, -0.2) is 0 Å². The van der Waals surface area contributed by atoms with Crippen molar-refractivity contribution in [1.29, 1.82) is 0 Å². The van der Waals surface area contributed by atoms with E-state index in [-0.39, 0.29) is 12.6 Å². The molecule has 1 aromatic carbocycles. The topological polar surface area (TPSA) is 60.0 Å². The molecule has 0 spiro atoms. The molecule has 0 aliphatic carbocycles. The zero-order chi connectivity index (χ0) is 15.8. The zero-order valence-corrected chi connectivity index (χ0v) is 13.6. The molecule has 1 atom stereocenters. The summed E-state index contributed by atoms with van der Waals surface area (Å²) in [5.41, 5.74) is 0.949. The fraction of sp³-hybridized carbons (Fsp3) is 0.625. The van der Waals surface area contributed by atoms with Crippen LogP contribution in [0.25, 0.3) is 0 Å². The number of methoxy groups -OCH3 is 3. The van der Waals surface area contributed by atoms with E-state index in [1.165, 1.54) is 0 Å². The van der Waals surface area contributed by atoms with Gasteiger partial charge >= 0.3 is 0 Å². The monoisotopic (exact) mass is 297 g/mol. The van der Waals surface area contributed by atoms with Gasteiger partial charge in [0.05, 0.1) is 26.9 Å². The van der Waals surface area contributed by atoms with Gasteiger partial charge in [0, 0.05) is 31.3 Å². The van der Waals surface area contributed by atoms with Gasteiger partial charge < -0.3 is 24.6 Å². The highest BCUT2D eigenvalue weighted by molar-refractivity contribution is 5.50. The largest absolute Gasteiger partial charge is 0.496 e. The zero-order valence-electron chi connectivity index (χ0n) is 13.6. The van der Waals surface area contributed by atoms with E-state index in [0.29, 0.717) is 18.2 Å². The first-order valence-corrected chi connectivity index (χ1v) is 7.20. The van der Waals surface area contributed by atoms with Gasteiger partial charge in [0.1, 0.15) is 17.2 Å². The van der Waals surface area contributed by atoms with Gasteiger partial charge in [0.25, 0.3) is 0 Å². The molecule has 0 aromatic heterocycles. The molecule has 2 N–H and O–H groups in total. The summed E-state index contributed by atoms with van der Waals surface area (Å²) >= 11 is 0. The second kappa shape index (κ2) is 8.74. The van der Waals surface area contributed by atoms with Crippen molar-refractivity contribution in [2.45, 2.75) is 32.9 Å². The summed E-state index contributed by atoms with van der Waals surface area (Å²) in [6.07, 6.45) is 0.721. The highest BCUT2D eigenvalue weighted by atomic mass is 16.5. The molecule has 0 saturated heterocycles. The molecule has 0 fully saturated rings. The van der Waals surface area contributed by atoms with Gasteiger partial charge in [-0.3, -0.25) is 0 Å². The summed E-state index contributed by atoms with van der Waals surface area (Å²) in [5, 5.41) is 12.6. The Hall–Kier alpha value is -1.46. The highest BCUT2D eigenvalue weighted by Crippen LogP contribution is 2.34. The quantitative estimate of drug-likeness (QED) is 0.732. The van der Waals surface area contributed by atoms with Gasteiger partial charge in [-0.2, -0.15) is 0 Å². The Bertz CT molecular complexity index is 409. The van der Waals surface area contributed by atoms with E-state index < -0.39 is 0 Å². The molecule has 0 saturated carbocycles. The van der Waals surface area contributed by atoms with Crippen LogP contribution in [0.15, 0.2) is 12.1 Å². The molecular weight excluding hydrogens is 270 g/mol. The van der Waals surface area contributed by atoms with Crippen LogP contribution in [0.3, 0.4) is 0 Å². The molecule has 21 heavy (non-hydrogen) atoms. The van der Waals surface area contributed by atoms with Crippen LogP contribution in [-0.4, -0.2) is 39.1 Å². The maximum atomic E-state index is 9.15. The minimum atomic E-state index is 0.173. The molecule has 0 aliphatic heterocycles. The standard InChI is InChI=1S/C16H27NO4/c1-11(2)14(6-7-18)17-10-13-15(20-4)8-12(19-3)9-16(13)21-5/h8-9,11,14,17-18H,6-7,10H2,1-5H3. The van der Waals surface area contributed by atoms with Crippen LogP contribution in [0.5, 0.6) is 17.2 Å². The second-order valence-corrected chi connectivity index (χ2v) is 5.25. The number of rotatable bonds is 9. The van der Waals surface area contributed by atoms with Crippen LogP contribution in [0.1, 0.15) is 25.8 Å². The van der Waals surface area contributed by atoms with Crippen molar-refractivity contribution >= 4 is 0 Å². The van der Waals surface area contributed by atoms with E-state index in [1.54, 1.807) is 21.3 Å². The summed E-state index contributed by atoms with van der Waals surface area (Å²) in [6.45, 7) is 5.05. The van der Waals surface area contributed by atoms with Crippen molar-refractivity contribution in [3.05, 3.63) is 17.7 Å². The van der Waals surface area contributed by atoms with Crippen LogP contribution >= 0.6 is 0 Å². The Labute approximate surface area is 127 Å². The predicted octanol–water partition coefficient (Wildman–Crippen LogP) is 2.21. The number of aliphatic hydroxyl groups excluding tert-OH is 1. The normalized spacial score (nSPS) is 12.3. The summed E-state index contributed by atoms with van der Waals surface area (Å²) in [6, 6.07) is 3.93. The fourth-order valence-electron chi connectivity index (χ4n) is 2.30. The van der Waals surface area contributed by atoms with Crippen molar-refractivity contribution in [1.82, 2.24) is 5.32 Å². The first-order chi connectivity index (χ1) is 10.1. The maximum absolute atomic E-state index is 9.15. The van der Waals surface area contributed by atoms with Crippen LogP contribution in [0.2, 0.25) is 0 Å². The SMILES string of the molecule is COc1cc(OC)c(CNC(CCO)C(C)C)c(OC)c1. The number of nitrogens with one attached hydrogen (secondary N) is 1. The number of benzene rings is 1. The molecule has 0 amide bonds. The molecule has 1 rings (SSSR count). The Kier molecular flexibility index (Phi) is 7.32. The van der Waals surface area contributed by atoms with Crippen molar-refractivity contribution in [2.75, 3.05) is 27.9 Å². The fourth-order valence-corrected chi connectivity index (χ4v) is 2.30. The maximum Gasteiger partial charge on any atom is 0.130 e. The Balaban J connectivity index is 2.95. The van der Waals surface area contributed by atoms with Crippen LogP contribution in [0.4, 0.5) is 0 Å². The van der Waals surface area contributed by atoms with Gasteiger partial charge in [0.2, 0.25) is 0 Å². The number of hydrogen-bond donors (Lipinski definition) is 2. The highest BCUT2D eigenvalue weighted by Gasteiger charge is 2.17. The number of hydrogen-bond acceptors (Lipinski definition) is 5. The molecule has 0 aliphatic rings. The lowest BCUT2D eigenvalue weighted by Gasteiger charge is -2.23. The molecule has 0 heterocycles. The van der Waals surface area contributed by atoms with E-state index in [4.69, 9.17) is 19.3 Å². The Morgan fingerprint density at radius 1 is 1.05 bits per heavy atom. The molecule has 0 bridgehead atoms. The van der Waals surface area contributed by atoms with Crippen molar-refractivity contribution in [2.24, 2.45) is 5.92 Å². The molecular formula is C16H27NO4. The van der Waals surface area contributed by atoms with Crippen LogP contribution in [-0.2, 0) is 6.54 Å². The first-order valence-electron chi connectivity index (χ1n) is 7.20. The van der Waals surface area contributed by atoms with Crippen molar-refractivity contribution in [3.63, 3.8) is 0 Å². The molecule has 1 unspecified atom stereocenters. The molecule has 5 heteroatoms. The molecule has 5 nitrogen and oxygen atoms in total. The number of ether oxygens (including phenoxy) is 3. The Morgan fingerprint density at radius 3 is 2.00 bits per heavy atom. The minimum Gasteiger partial charge on any atom is -0.496 e. The van der Waals surface area contributed by atoms with Gasteiger partial charge in [-0.15, -0.1) is 0 Å². The van der Waals surface area contributed by atoms with Gasteiger partial charge in [-0.1, -0.05) is 13.8 Å². The van der Waals surface area contributed by atoms with E-state index in [1.807, 2.05) is 12.1 Å². The van der Waals surface area contributed by atoms with Gasteiger partial charge in [-0.05, 0) is 12.3 Å². The van der Waals surface area contributed by atoms with Gasteiger partial charge in [0.15, 0.2) is 0 Å². The Morgan fingerprint density at radius 2 is 1.62 bits per heavy atom. The molecule has 120 valence electrons. The second-order valence-electron chi connectivity index (χ2n) is 5.25. The average Bonchev–Trinajstić information content (AvgIpc) is 2.50. The third-order valence-electron chi connectivity index (χ3n) is 3.60. The van der Waals surface area contributed by atoms with E-state index in [0.717, 1.165) is 23.5 Å². The lowest BCUT2D eigenvalue weighted by atomic mass is 10.0. The summed E-state index contributed by atoms with van der Waals surface area (Å²) in [7, 11) is 4.87. The molecule has 1 aromatic rings. The third kappa shape index (κ3) is 4.79. The van der Waals surface area contributed by atoms with Crippen molar-refractivity contribution in [3.8, 4) is 17.2 Å². The first kappa shape index (κ1) is 17.6. The van der Waals surface area contributed by atoms with E-state index >= 15 is 0 Å². The lowest BCUT2D eigenvalue weighted by Crippen LogP contribution is -2.34. The summed E-state index contributed by atoms with van der Waals surface area (Å²) in [4.78, 5) is 0.